The van der Waals surface area contributed by atoms with Crippen LogP contribution in [0.3, 0.4) is 0 Å². The van der Waals surface area contributed by atoms with Crippen LogP contribution < -0.4 is 5.32 Å². The first kappa shape index (κ1) is 14.8. The molecule has 1 amide bonds. The molecule has 2 rings (SSSR count). The number of hydrogen-bond donors (Lipinski definition) is 1. The van der Waals surface area contributed by atoms with Crippen LogP contribution in [0.4, 0.5) is 5.69 Å². The Bertz CT molecular complexity index is 606. The van der Waals surface area contributed by atoms with Gasteiger partial charge in [-0.1, -0.05) is 30.3 Å². The summed E-state index contributed by atoms with van der Waals surface area (Å²) < 4.78 is 4.64. The van der Waals surface area contributed by atoms with Crippen molar-refractivity contribution in [3.8, 4) is 0 Å². The van der Waals surface area contributed by atoms with E-state index in [1.165, 1.54) is 7.11 Å². The number of anilines is 1. The molecule has 0 heterocycles. The maximum Gasteiger partial charge on any atom is 0.337 e. The molecule has 0 bridgehead atoms. The summed E-state index contributed by atoms with van der Waals surface area (Å²) in [5.41, 5.74) is 2.31. The molecule has 0 atom stereocenters. The summed E-state index contributed by atoms with van der Waals surface area (Å²) in [7, 11) is 1.35. The molecular weight excluding hydrogens is 266 g/mol. The highest BCUT2D eigenvalue weighted by molar-refractivity contribution is 5.91. The van der Waals surface area contributed by atoms with Gasteiger partial charge in [0.1, 0.15) is 0 Å². The number of benzene rings is 2. The molecule has 0 aliphatic rings. The molecule has 0 unspecified atom stereocenters. The third-order valence-electron chi connectivity index (χ3n) is 3.07. The van der Waals surface area contributed by atoms with Crippen molar-refractivity contribution >= 4 is 17.6 Å². The molecule has 2 aromatic rings. The molecule has 108 valence electrons. The lowest BCUT2D eigenvalue weighted by atomic mass is 10.1. The highest BCUT2D eigenvalue weighted by Crippen LogP contribution is 2.10. The van der Waals surface area contributed by atoms with Crippen LogP contribution in [0.25, 0.3) is 0 Å². The van der Waals surface area contributed by atoms with Gasteiger partial charge in [0.05, 0.1) is 12.7 Å². The molecule has 4 heteroatoms. The van der Waals surface area contributed by atoms with Crippen LogP contribution in [0, 0.1) is 0 Å². The van der Waals surface area contributed by atoms with Gasteiger partial charge in [-0.3, -0.25) is 4.79 Å². The third kappa shape index (κ3) is 4.45. The topological polar surface area (TPSA) is 55.4 Å². The summed E-state index contributed by atoms with van der Waals surface area (Å²) in [5.74, 6) is -0.387. The highest BCUT2D eigenvalue weighted by Gasteiger charge is 2.06. The number of amides is 1. The molecule has 0 saturated heterocycles. The Balaban J connectivity index is 1.85. The van der Waals surface area contributed by atoms with E-state index in [1.807, 2.05) is 42.5 Å². The molecular formula is C17H17NO3. The standard InChI is InChI=1S/C17H17NO3/c1-21-17(20)14-10-7-13(8-11-14)9-12-16(19)18-15-5-3-2-4-6-15/h2-8,10-11H,9,12H2,1H3,(H,18,19). The van der Waals surface area contributed by atoms with E-state index in [9.17, 15) is 9.59 Å². The Morgan fingerprint density at radius 1 is 1.00 bits per heavy atom. The molecule has 0 aliphatic heterocycles. The summed E-state index contributed by atoms with van der Waals surface area (Å²) in [6.45, 7) is 0. The van der Waals surface area contributed by atoms with Gasteiger partial charge in [-0.15, -0.1) is 0 Å². The number of aryl methyl sites for hydroxylation is 1. The number of esters is 1. The SMILES string of the molecule is COC(=O)c1ccc(CCC(=O)Nc2ccccc2)cc1. The Morgan fingerprint density at radius 2 is 1.67 bits per heavy atom. The zero-order valence-electron chi connectivity index (χ0n) is 11.8. The molecule has 21 heavy (non-hydrogen) atoms. The quantitative estimate of drug-likeness (QED) is 0.858. The van der Waals surface area contributed by atoms with Crippen molar-refractivity contribution in [2.45, 2.75) is 12.8 Å². The van der Waals surface area contributed by atoms with Gasteiger partial charge in [-0.25, -0.2) is 4.79 Å². The van der Waals surface area contributed by atoms with E-state index in [1.54, 1.807) is 12.1 Å². The number of carbonyl (C=O) groups excluding carboxylic acids is 2. The van der Waals surface area contributed by atoms with Gasteiger partial charge >= 0.3 is 5.97 Å². The van der Waals surface area contributed by atoms with Gasteiger partial charge in [0, 0.05) is 12.1 Å². The zero-order valence-corrected chi connectivity index (χ0v) is 11.8. The second-order valence-electron chi connectivity index (χ2n) is 4.60. The maximum atomic E-state index is 11.8. The Labute approximate surface area is 123 Å². The number of rotatable bonds is 5. The lowest BCUT2D eigenvalue weighted by Crippen LogP contribution is -2.12. The van der Waals surface area contributed by atoms with Crippen molar-refractivity contribution in [3.05, 3.63) is 65.7 Å². The van der Waals surface area contributed by atoms with Gasteiger partial charge in [-0.05, 0) is 36.2 Å². The van der Waals surface area contributed by atoms with Crippen LogP contribution in [0.15, 0.2) is 54.6 Å². The van der Waals surface area contributed by atoms with E-state index in [0.29, 0.717) is 18.4 Å². The molecule has 0 saturated carbocycles. The molecule has 0 fully saturated rings. The van der Waals surface area contributed by atoms with E-state index in [0.717, 1.165) is 11.3 Å². The monoisotopic (exact) mass is 283 g/mol. The van der Waals surface area contributed by atoms with Crippen molar-refractivity contribution in [1.29, 1.82) is 0 Å². The van der Waals surface area contributed by atoms with Gasteiger partial charge in [0.15, 0.2) is 0 Å². The van der Waals surface area contributed by atoms with E-state index in [4.69, 9.17) is 0 Å². The van der Waals surface area contributed by atoms with E-state index < -0.39 is 0 Å². The molecule has 0 aromatic heterocycles. The first-order chi connectivity index (χ1) is 10.2. The summed E-state index contributed by atoms with van der Waals surface area (Å²) in [4.78, 5) is 23.1. The fraction of sp³-hybridized carbons (Fsp3) is 0.176. The Morgan fingerprint density at radius 3 is 2.29 bits per heavy atom. The summed E-state index contributed by atoms with van der Waals surface area (Å²) in [5, 5.41) is 2.84. The summed E-state index contributed by atoms with van der Waals surface area (Å²) in [6.07, 6.45) is 1.02. The third-order valence-corrected chi connectivity index (χ3v) is 3.07. The lowest BCUT2D eigenvalue weighted by Gasteiger charge is -2.05. The second-order valence-corrected chi connectivity index (χ2v) is 4.60. The van der Waals surface area contributed by atoms with E-state index >= 15 is 0 Å². The van der Waals surface area contributed by atoms with Gasteiger partial charge in [-0.2, -0.15) is 0 Å². The number of ether oxygens (including phenoxy) is 1. The number of carbonyl (C=O) groups is 2. The second kappa shape index (κ2) is 7.24. The maximum absolute atomic E-state index is 11.8. The molecule has 2 aromatic carbocycles. The van der Waals surface area contributed by atoms with Crippen LogP contribution in [-0.2, 0) is 16.0 Å². The molecule has 0 radical (unpaired) electrons. The van der Waals surface area contributed by atoms with E-state index in [-0.39, 0.29) is 11.9 Å². The first-order valence-electron chi connectivity index (χ1n) is 6.71. The van der Waals surface area contributed by atoms with Crippen LogP contribution >= 0.6 is 0 Å². The molecule has 4 nitrogen and oxygen atoms in total. The average molecular weight is 283 g/mol. The Hall–Kier alpha value is -2.62. The average Bonchev–Trinajstić information content (AvgIpc) is 2.53. The van der Waals surface area contributed by atoms with Gasteiger partial charge in [0.25, 0.3) is 0 Å². The van der Waals surface area contributed by atoms with Gasteiger partial charge in [0.2, 0.25) is 5.91 Å². The summed E-state index contributed by atoms with van der Waals surface area (Å²) in [6, 6.07) is 16.4. The van der Waals surface area contributed by atoms with E-state index in [2.05, 4.69) is 10.1 Å². The number of para-hydroxylation sites is 1. The lowest BCUT2D eigenvalue weighted by molar-refractivity contribution is -0.116. The minimum absolute atomic E-state index is 0.0294. The number of hydrogen-bond acceptors (Lipinski definition) is 3. The fourth-order valence-electron chi connectivity index (χ4n) is 1.93. The molecule has 0 spiro atoms. The molecule has 0 aliphatic carbocycles. The normalized spacial score (nSPS) is 9.95. The predicted molar refractivity (Wildman–Crippen MR) is 81.2 cm³/mol. The van der Waals surface area contributed by atoms with Crippen molar-refractivity contribution in [3.63, 3.8) is 0 Å². The highest BCUT2D eigenvalue weighted by atomic mass is 16.5. The summed E-state index contributed by atoms with van der Waals surface area (Å²) >= 11 is 0. The smallest absolute Gasteiger partial charge is 0.337 e. The van der Waals surface area contributed by atoms with Crippen LogP contribution in [-0.4, -0.2) is 19.0 Å². The first-order valence-corrected chi connectivity index (χ1v) is 6.71. The number of methoxy groups -OCH3 is 1. The zero-order chi connectivity index (χ0) is 15.1. The van der Waals surface area contributed by atoms with Crippen molar-refractivity contribution in [1.82, 2.24) is 0 Å². The fourth-order valence-corrected chi connectivity index (χ4v) is 1.93. The van der Waals surface area contributed by atoms with Crippen molar-refractivity contribution < 1.29 is 14.3 Å². The predicted octanol–water partition coefficient (Wildman–Crippen LogP) is 3.04. The molecule has 1 N–H and O–H groups in total. The van der Waals surface area contributed by atoms with Crippen LogP contribution in [0.1, 0.15) is 22.3 Å². The van der Waals surface area contributed by atoms with Gasteiger partial charge < -0.3 is 10.1 Å². The van der Waals surface area contributed by atoms with Crippen molar-refractivity contribution in [2.75, 3.05) is 12.4 Å². The minimum atomic E-state index is -0.358. The van der Waals surface area contributed by atoms with Crippen LogP contribution in [0.5, 0.6) is 0 Å². The minimum Gasteiger partial charge on any atom is -0.465 e. The largest absolute Gasteiger partial charge is 0.465 e. The van der Waals surface area contributed by atoms with Crippen molar-refractivity contribution in [2.24, 2.45) is 0 Å². The van der Waals surface area contributed by atoms with Crippen LogP contribution in [0.2, 0.25) is 0 Å². The number of nitrogens with one attached hydrogen (secondary N) is 1. The Kier molecular flexibility index (Phi) is 5.10.